The van der Waals surface area contributed by atoms with E-state index in [0.29, 0.717) is 5.88 Å². The Morgan fingerprint density at radius 1 is 1.24 bits per heavy atom. The number of anilines is 1. The van der Waals surface area contributed by atoms with Gasteiger partial charge in [-0.05, 0) is 25.3 Å². The number of hydrogen-bond acceptors (Lipinski definition) is 3. The molecule has 2 N–H and O–H groups in total. The summed E-state index contributed by atoms with van der Waals surface area (Å²) in [6, 6.07) is 8.28. The zero-order valence-electron chi connectivity index (χ0n) is 10.4. The minimum absolute atomic E-state index is 0.417. The second-order valence-electron chi connectivity index (χ2n) is 4.34. The molecule has 17 heavy (non-hydrogen) atoms. The molecule has 0 radical (unpaired) electrons. The highest BCUT2D eigenvalue weighted by Crippen LogP contribution is 2.30. The molecule has 0 saturated heterocycles. The van der Waals surface area contributed by atoms with Crippen LogP contribution in [0.4, 0.5) is 5.88 Å². The Balaban J connectivity index is 2.36. The van der Waals surface area contributed by atoms with Crippen molar-refractivity contribution in [3.8, 4) is 11.1 Å². The Morgan fingerprint density at radius 2 is 1.94 bits per heavy atom. The summed E-state index contributed by atoms with van der Waals surface area (Å²) in [7, 11) is 0. The monoisotopic (exact) mass is 230 g/mol. The van der Waals surface area contributed by atoms with Gasteiger partial charge in [0.2, 0.25) is 5.88 Å². The highest BCUT2D eigenvalue weighted by atomic mass is 16.5. The molecule has 0 unspecified atom stereocenters. The van der Waals surface area contributed by atoms with Gasteiger partial charge < -0.3 is 10.3 Å². The number of hydrogen-bond donors (Lipinski definition) is 1. The van der Waals surface area contributed by atoms with Crippen molar-refractivity contribution in [2.24, 2.45) is 0 Å². The fraction of sp³-hybridized carbons (Fsp3) is 0.357. The molecule has 0 aliphatic rings. The van der Waals surface area contributed by atoms with Gasteiger partial charge >= 0.3 is 0 Å². The second-order valence-corrected chi connectivity index (χ2v) is 4.34. The van der Waals surface area contributed by atoms with E-state index < -0.39 is 0 Å². The maximum Gasteiger partial charge on any atom is 0.230 e. The molecule has 0 bridgehead atoms. The highest BCUT2D eigenvalue weighted by molar-refractivity contribution is 5.75. The molecule has 0 fully saturated rings. The number of aryl methyl sites for hydroxylation is 2. The third kappa shape index (κ3) is 2.49. The van der Waals surface area contributed by atoms with E-state index in [1.54, 1.807) is 0 Å². The van der Waals surface area contributed by atoms with E-state index in [0.717, 1.165) is 36.1 Å². The van der Waals surface area contributed by atoms with Gasteiger partial charge in [0.25, 0.3) is 0 Å². The van der Waals surface area contributed by atoms with Crippen LogP contribution in [0.2, 0.25) is 0 Å². The van der Waals surface area contributed by atoms with E-state index in [1.165, 1.54) is 5.56 Å². The van der Waals surface area contributed by atoms with E-state index in [1.807, 2.05) is 0 Å². The number of aromatic nitrogens is 1. The van der Waals surface area contributed by atoms with Crippen LogP contribution < -0.4 is 5.73 Å². The van der Waals surface area contributed by atoms with Crippen molar-refractivity contribution in [1.29, 1.82) is 0 Å². The number of rotatable bonds is 4. The van der Waals surface area contributed by atoms with Crippen LogP contribution >= 0.6 is 0 Å². The van der Waals surface area contributed by atoms with E-state index in [4.69, 9.17) is 10.3 Å². The minimum atomic E-state index is 0.417. The van der Waals surface area contributed by atoms with Crippen molar-refractivity contribution in [2.75, 3.05) is 5.73 Å². The summed E-state index contributed by atoms with van der Waals surface area (Å²) in [5.74, 6) is 0.417. The third-order valence-corrected chi connectivity index (χ3v) is 2.90. The van der Waals surface area contributed by atoms with Gasteiger partial charge in [-0.25, -0.2) is 0 Å². The average Bonchev–Trinajstić information content (AvgIpc) is 2.69. The first-order chi connectivity index (χ1) is 8.22. The molecule has 3 nitrogen and oxygen atoms in total. The fourth-order valence-corrected chi connectivity index (χ4v) is 1.88. The SMILES string of the molecule is CCCCc1noc(N)c1-c1ccc(C)cc1. The van der Waals surface area contributed by atoms with Gasteiger partial charge in [-0.15, -0.1) is 0 Å². The lowest BCUT2D eigenvalue weighted by Gasteiger charge is -2.02. The largest absolute Gasteiger partial charge is 0.367 e. The molecule has 3 heteroatoms. The van der Waals surface area contributed by atoms with Gasteiger partial charge in [-0.3, -0.25) is 0 Å². The van der Waals surface area contributed by atoms with Gasteiger partial charge in [0.05, 0.1) is 11.3 Å². The molecule has 1 aromatic carbocycles. The van der Waals surface area contributed by atoms with Crippen LogP contribution in [0.15, 0.2) is 28.8 Å². The molecule has 2 rings (SSSR count). The Kier molecular flexibility index (Phi) is 3.47. The van der Waals surface area contributed by atoms with E-state index in [-0.39, 0.29) is 0 Å². The number of nitrogens with two attached hydrogens (primary N) is 1. The van der Waals surface area contributed by atoms with Crippen molar-refractivity contribution in [3.05, 3.63) is 35.5 Å². The predicted molar refractivity (Wildman–Crippen MR) is 69.7 cm³/mol. The molecule has 0 aliphatic carbocycles. The molecule has 2 aromatic rings. The Hall–Kier alpha value is -1.77. The molecule has 1 aromatic heterocycles. The first-order valence-electron chi connectivity index (χ1n) is 6.03. The summed E-state index contributed by atoms with van der Waals surface area (Å²) in [6.07, 6.45) is 3.16. The molecule has 0 saturated carbocycles. The first kappa shape index (κ1) is 11.7. The lowest BCUT2D eigenvalue weighted by molar-refractivity contribution is 0.426. The molecule has 0 amide bonds. The van der Waals surface area contributed by atoms with Gasteiger partial charge in [0.1, 0.15) is 0 Å². The summed E-state index contributed by atoms with van der Waals surface area (Å²) in [6.45, 7) is 4.23. The molecule has 0 atom stereocenters. The van der Waals surface area contributed by atoms with Gasteiger partial charge in [-0.2, -0.15) is 0 Å². The van der Waals surface area contributed by atoms with Gasteiger partial charge in [-0.1, -0.05) is 48.3 Å². The van der Waals surface area contributed by atoms with Crippen LogP contribution in [0.1, 0.15) is 31.0 Å². The van der Waals surface area contributed by atoms with Crippen molar-refractivity contribution >= 4 is 5.88 Å². The quantitative estimate of drug-likeness (QED) is 0.873. The lowest BCUT2D eigenvalue weighted by Crippen LogP contribution is -1.91. The van der Waals surface area contributed by atoms with Gasteiger partial charge in [0, 0.05) is 0 Å². The summed E-state index contributed by atoms with van der Waals surface area (Å²) in [5, 5.41) is 4.05. The summed E-state index contributed by atoms with van der Waals surface area (Å²) in [4.78, 5) is 0. The summed E-state index contributed by atoms with van der Waals surface area (Å²) < 4.78 is 5.11. The third-order valence-electron chi connectivity index (χ3n) is 2.90. The maximum atomic E-state index is 5.85. The molecular formula is C14H18N2O. The van der Waals surface area contributed by atoms with Crippen molar-refractivity contribution in [2.45, 2.75) is 33.1 Å². The molecule has 0 aliphatic heterocycles. The minimum Gasteiger partial charge on any atom is -0.367 e. The first-order valence-corrected chi connectivity index (χ1v) is 6.03. The van der Waals surface area contributed by atoms with Crippen molar-refractivity contribution in [3.63, 3.8) is 0 Å². The molecule has 90 valence electrons. The number of benzene rings is 1. The zero-order chi connectivity index (χ0) is 12.3. The maximum absolute atomic E-state index is 5.85. The second kappa shape index (κ2) is 5.04. The van der Waals surface area contributed by atoms with Crippen LogP contribution in [0.5, 0.6) is 0 Å². The van der Waals surface area contributed by atoms with Crippen LogP contribution in [-0.2, 0) is 6.42 Å². The van der Waals surface area contributed by atoms with Crippen LogP contribution in [-0.4, -0.2) is 5.16 Å². The molecule has 0 spiro atoms. The number of nitrogens with zero attached hydrogens (tertiary/aromatic N) is 1. The van der Waals surface area contributed by atoms with Crippen molar-refractivity contribution in [1.82, 2.24) is 5.16 Å². The highest BCUT2D eigenvalue weighted by Gasteiger charge is 2.14. The Bertz CT molecular complexity index is 485. The Morgan fingerprint density at radius 3 is 2.59 bits per heavy atom. The number of unbranched alkanes of at least 4 members (excludes halogenated alkanes) is 1. The average molecular weight is 230 g/mol. The predicted octanol–water partition coefficient (Wildman–Crippen LogP) is 3.57. The topological polar surface area (TPSA) is 52.0 Å². The lowest BCUT2D eigenvalue weighted by atomic mass is 10.0. The summed E-state index contributed by atoms with van der Waals surface area (Å²) in [5.41, 5.74) is 10.1. The van der Waals surface area contributed by atoms with Gasteiger partial charge in [0.15, 0.2) is 0 Å². The fourth-order valence-electron chi connectivity index (χ4n) is 1.88. The molecular weight excluding hydrogens is 212 g/mol. The smallest absolute Gasteiger partial charge is 0.230 e. The van der Waals surface area contributed by atoms with Crippen molar-refractivity contribution < 1.29 is 4.52 Å². The van der Waals surface area contributed by atoms with E-state index in [9.17, 15) is 0 Å². The van der Waals surface area contributed by atoms with Crippen LogP contribution in [0, 0.1) is 6.92 Å². The normalized spacial score (nSPS) is 10.7. The standard InChI is InChI=1S/C14H18N2O/c1-3-4-5-12-13(14(15)17-16-12)11-8-6-10(2)7-9-11/h6-9H,3-5,15H2,1-2H3. The van der Waals surface area contributed by atoms with Crippen LogP contribution in [0.3, 0.4) is 0 Å². The Labute approximate surface area is 102 Å². The molecule has 1 heterocycles. The van der Waals surface area contributed by atoms with E-state index >= 15 is 0 Å². The summed E-state index contributed by atoms with van der Waals surface area (Å²) >= 11 is 0. The van der Waals surface area contributed by atoms with Crippen LogP contribution in [0.25, 0.3) is 11.1 Å². The van der Waals surface area contributed by atoms with E-state index in [2.05, 4.69) is 43.3 Å². The number of nitrogen functional groups attached to an aromatic ring is 1. The zero-order valence-corrected chi connectivity index (χ0v) is 10.4.